The number of benzene rings is 2. The quantitative estimate of drug-likeness (QED) is 0.217. The normalized spacial score (nSPS) is 13.7. The predicted octanol–water partition coefficient (Wildman–Crippen LogP) is 3.88. The van der Waals surface area contributed by atoms with Gasteiger partial charge in [0.15, 0.2) is 0 Å². The zero-order chi connectivity index (χ0) is 22.0. The van der Waals surface area contributed by atoms with Gasteiger partial charge in [0.1, 0.15) is 12.4 Å². The lowest BCUT2D eigenvalue weighted by atomic mass is 9.88. The summed E-state index contributed by atoms with van der Waals surface area (Å²) in [6.07, 6.45) is 3.73. The summed E-state index contributed by atoms with van der Waals surface area (Å²) in [5, 5.41) is 25.4. The van der Waals surface area contributed by atoms with E-state index in [0.717, 1.165) is 0 Å². The Balaban J connectivity index is 2.02. The smallest absolute Gasteiger partial charge is 0.300 e. The molecule has 2 heterocycles. The highest BCUT2D eigenvalue weighted by Gasteiger charge is 2.48. The van der Waals surface area contributed by atoms with Crippen molar-refractivity contribution in [3.05, 3.63) is 111 Å². The van der Waals surface area contributed by atoms with Gasteiger partial charge in [0.25, 0.3) is 5.69 Å². The summed E-state index contributed by atoms with van der Waals surface area (Å²) in [6.45, 7) is 0. The minimum absolute atomic E-state index is 0.0214. The van der Waals surface area contributed by atoms with Crippen LogP contribution in [0.15, 0.2) is 89.5 Å². The van der Waals surface area contributed by atoms with Crippen molar-refractivity contribution in [3.8, 4) is 0 Å². The van der Waals surface area contributed by atoms with Crippen LogP contribution in [-0.2, 0) is 19.7 Å². The van der Waals surface area contributed by atoms with E-state index in [9.17, 15) is 15.2 Å². The van der Waals surface area contributed by atoms with Crippen molar-refractivity contribution in [1.82, 2.24) is 4.57 Å². The Morgan fingerprint density at radius 3 is 2.39 bits per heavy atom. The lowest BCUT2D eigenvalue weighted by Gasteiger charge is -2.26. The molecule has 1 atom stereocenters. The number of hydrogen-bond acceptors (Lipinski definition) is 5. The molecule has 8 heteroatoms. The fourth-order valence-corrected chi connectivity index (χ4v) is 4.46. The zero-order valence-corrected chi connectivity index (χ0v) is 17.9. The van der Waals surface area contributed by atoms with Crippen LogP contribution in [0, 0.1) is 10.1 Å². The van der Waals surface area contributed by atoms with E-state index < -0.39 is 10.5 Å². The molecule has 0 radical (unpaired) electrons. The Hall–Kier alpha value is -3.62. The summed E-state index contributed by atoms with van der Waals surface area (Å²) in [5.41, 5.74) is 0.0299. The molecular weight excluding hydrogens is 412 g/mol. The average Bonchev–Trinajstić information content (AvgIpc) is 3.43. The molecule has 31 heavy (non-hydrogen) atoms. The SMILES string of the molecule is Cn1cc[n+](C)c1C(O)(C(=Nc1ccccc1)c1ccc([N+](=O)[O-])cc1)c1cccs1. The summed E-state index contributed by atoms with van der Waals surface area (Å²) >= 11 is 1.42. The molecule has 0 fully saturated rings. The first-order valence-corrected chi connectivity index (χ1v) is 10.5. The van der Waals surface area contributed by atoms with Gasteiger partial charge in [-0.2, -0.15) is 0 Å². The van der Waals surface area contributed by atoms with Crippen molar-refractivity contribution in [1.29, 1.82) is 0 Å². The molecule has 7 nitrogen and oxygen atoms in total. The number of aromatic nitrogens is 2. The molecule has 0 aliphatic rings. The molecule has 0 spiro atoms. The van der Waals surface area contributed by atoms with E-state index in [0.29, 0.717) is 27.7 Å². The van der Waals surface area contributed by atoms with Gasteiger partial charge in [-0.3, -0.25) is 10.1 Å². The highest BCUT2D eigenvalue weighted by Crippen LogP contribution is 2.36. The highest BCUT2D eigenvalue weighted by molar-refractivity contribution is 7.10. The van der Waals surface area contributed by atoms with Crippen molar-refractivity contribution in [2.75, 3.05) is 0 Å². The van der Waals surface area contributed by atoms with E-state index >= 15 is 0 Å². The molecule has 4 aromatic rings. The van der Waals surface area contributed by atoms with Gasteiger partial charge >= 0.3 is 5.82 Å². The number of aliphatic imine (C=N–C) groups is 1. The van der Waals surface area contributed by atoms with Crippen molar-refractivity contribution in [2.24, 2.45) is 19.1 Å². The number of rotatable bonds is 6. The molecule has 4 rings (SSSR count). The van der Waals surface area contributed by atoms with Gasteiger partial charge in [-0.05, 0) is 35.7 Å². The van der Waals surface area contributed by atoms with Crippen molar-refractivity contribution in [2.45, 2.75) is 5.60 Å². The van der Waals surface area contributed by atoms with Crippen LogP contribution >= 0.6 is 11.3 Å². The first-order chi connectivity index (χ1) is 14.9. The standard InChI is InChI=1S/C23H21N4O3S/c1-25-14-15-26(2)22(25)23(28,20-9-6-16-31-20)21(24-18-7-4-3-5-8-18)17-10-12-19(13-11-17)27(29)30/h3-16,28H,1-2H3/q+1. The van der Waals surface area contributed by atoms with Gasteiger partial charge in [-0.15, -0.1) is 11.3 Å². The second kappa shape index (κ2) is 8.25. The molecule has 2 aromatic heterocycles. The number of para-hydroxylation sites is 1. The van der Waals surface area contributed by atoms with Crippen LogP contribution < -0.4 is 4.57 Å². The maximum Gasteiger partial charge on any atom is 0.300 e. The first kappa shape index (κ1) is 20.6. The van der Waals surface area contributed by atoms with Gasteiger partial charge in [0.2, 0.25) is 5.60 Å². The highest BCUT2D eigenvalue weighted by atomic mass is 32.1. The fourth-order valence-electron chi connectivity index (χ4n) is 3.64. The van der Waals surface area contributed by atoms with E-state index in [-0.39, 0.29) is 5.69 Å². The number of aryl methyl sites for hydroxylation is 2. The van der Waals surface area contributed by atoms with Crippen LogP contribution in [-0.4, -0.2) is 20.3 Å². The Kier molecular flexibility index (Phi) is 5.50. The molecule has 0 saturated heterocycles. The molecule has 1 unspecified atom stereocenters. The summed E-state index contributed by atoms with van der Waals surface area (Å²) in [6, 6.07) is 19.2. The van der Waals surface area contributed by atoms with Gasteiger partial charge < -0.3 is 5.11 Å². The number of non-ortho nitro benzene ring substituents is 1. The summed E-state index contributed by atoms with van der Waals surface area (Å²) in [4.78, 5) is 16.2. The number of thiophene rings is 1. The summed E-state index contributed by atoms with van der Waals surface area (Å²) < 4.78 is 3.71. The van der Waals surface area contributed by atoms with Crippen LogP contribution in [0.4, 0.5) is 11.4 Å². The molecule has 0 amide bonds. The number of nitrogens with zero attached hydrogens (tertiary/aromatic N) is 4. The topological polar surface area (TPSA) is 84.5 Å². The molecule has 2 aromatic carbocycles. The van der Waals surface area contributed by atoms with Crippen LogP contribution in [0.5, 0.6) is 0 Å². The second-order valence-corrected chi connectivity index (χ2v) is 8.08. The summed E-state index contributed by atoms with van der Waals surface area (Å²) in [5.74, 6) is 0.614. The van der Waals surface area contributed by atoms with E-state index in [4.69, 9.17) is 4.99 Å². The molecular formula is C23H21N4O3S+. The Morgan fingerprint density at radius 1 is 1.13 bits per heavy atom. The molecule has 0 aliphatic heterocycles. The molecule has 156 valence electrons. The number of aliphatic hydroxyl groups is 1. The average molecular weight is 434 g/mol. The van der Waals surface area contributed by atoms with E-state index in [2.05, 4.69) is 0 Å². The van der Waals surface area contributed by atoms with Crippen molar-refractivity contribution in [3.63, 3.8) is 0 Å². The van der Waals surface area contributed by atoms with Gasteiger partial charge in [0, 0.05) is 17.7 Å². The third-order valence-electron chi connectivity index (χ3n) is 5.07. The monoisotopic (exact) mass is 433 g/mol. The van der Waals surface area contributed by atoms with Crippen LogP contribution in [0.25, 0.3) is 0 Å². The minimum Gasteiger partial charge on any atom is -0.368 e. The van der Waals surface area contributed by atoms with Gasteiger partial charge in [0.05, 0.1) is 35.3 Å². The Morgan fingerprint density at radius 2 is 1.84 bits per heavy atom. The maximum absolute atomic E-state index is 12.4. The molecule has 0 saturated carbocycles. The maximum atomic E-state index is 12.4. The van der Waals surface area contributed by atoms with Crippen LogP contribution in [0.3, 0.4) is 0 Å². The van der Waals surface area contributed by atoms with Gasteiger partial charge in [-0.1, -0.05) is 24.3 Å². The molecule has 0 aliphatic carbocycles. The van der Waals surface area contributed by atoms with E-state index in [1.165, 1.54) is 23.5 Å². The lowest BCUT2D eigenvalue weighted by molar-refractivity contribution is -0.683. The molecule has 0 bridgehead atoms. The number of hydrogen-bond donors (Lipinski definition) is 1. The van der Waals surface area contributed by atoms with Crippen LogP contribution in [0.2, 0.25) is 0 Å². The molecule has 1 N–H and O–H groups in total. The largest absolute Gasteiger partial charge is 0.368 e. The number of nitro benzene ring substituents is 1. The lowest BCUT2D eigenvalue weighted by Crippen LogP contribution is -2.48. The third kappa shape index (κ3) is 3.78. The third-order valence-corrected chi connectivity index (χ3v) is 6.05. The summed E-state index contributed by atoms with van der Waals surface area (Å²) in [7, 11) is 3.73. The van der Waals surface area contributed by atoms with E-state index in [1.807, 2.05) is 83.5 Å². The fraction of sp³-hybridized carbons (Fsp3) is 0.130. The zero-order valence-electron chi connectivity index (χ0n) is 17.0. The van der Waals surface area contributed by atoms with Crippen molar-refractivity contribution >= 4 is 28.4 Å². The van der Waals surface area contributed by atoms with Gasteiger partial charge in [-0.25, -0.2) is 14.1 Å². The van der Waals surface area contributed by atoms with E-state index in [1.54, 1.807) is 12.1 Å². The van der Waals surface area contributed by atoms with Crippen LogP contribution in [0.1, 0.15) is 16.3 Å². The Bertz CT molecular complexity index is 1210. The second-order valence-electron chi connectivity index (χ2n) is 7.13. The van der Waals surface area contributed by atoms with Crippen molar-refractivity contribution < 1.29 is 14.6 Å². The Labute approximate surface area is 183 Å². The first-order valence-electron chi connectivity index (χ1n) is 9.58. The number of nitro groups is 1. The number of imidazole rings is 1. The minimum atomic E-state index is -1.59. The predicted molar refractivity (Wildman–Crippen MR) is 120 cm³/mol.